The van der Waals surface area contributed by atoms with Crippen molar-refractivity contribution in [3.63, 3.8) is 0 Å². The lowest BCUT2D eigenvalue weighted by Crippen LogP contribution is -2.39. The van der Waals surface area contributed by atoms with Gasteiger partial charge in [0.05, 0.1) is 4.92 Å². The first-order valence-electron chi connectivity index (χ1n) is 6.29. The van der Waals surface area contributed by atoms with Crippen LogP contribution in [0.4, 0.5) is 11.4 Å². The van der Waals surface area contributed by atoms with Crippen molar-refractivity contribution in [3.8, 4) is 0 Å². The number of hydrogen-bond donors (Lipinski definition) is 2. The van der Waals surface area contributed by atoms with Gasteiger partial charge in [0.15, 0.2) is 0 Å². The Balaban J connectivity index is 2.03. The summed E-state index contributed by atoms with van der Waals surface area (Å²) in [5.41, 5.74) is 0.979. The second kappa shape index (κ2) is 5.35. The van der Waals surface area contributed by atoms with Crippen molar-refractivity contribution in [1.82, 2.24) is 5.32 Å². The first-order chi connectivity index (χ1) is 8.61. The Labute approximate surface area is 107 Å². The maximum Gasteiger partial charge on any atom is 0.292 e. The summed E-state index contributed by atoms with van der Waals surface area (Å²) in [5.74, 6) is 0. The number of nitrogens with one attached hydrogen (secondary N) is 2. The molecule has 1 fully saturated rings. The number of nitro groups is 1. The van der Waals surface area contributed by atoms with Crippen molar-refractivity contribution in [2.45, 2.75) is 19.8 Å². The second-order valence-corrected chi connectivity index (χ2v) is 5.19. The Bertz CT molecular complexity index is 428. The number of benzene rings is 1. The monoisotopic (exact) mass is 249 g/mol. The van der Waals surface area contributed by atoms with Crippen LogP contribution in [0.2, 0.25) is 0 Å². The van der Waals surface area contributed by atoms with E-state index in [9.17, 15) is 10.1 Å². The number of anilines is 1. The van der Waals surface area contributed by atoms with E-state index in [-0.39, 0.29) is 16.0 Å². The molecular weight excluding hydrogens is 230 g/mol. The van der Waals surface area contributed by atoms with E-state index >= 15 is 0 Å². The topological polar surface area (TPSA) is 67.2 Å². The first kappa shape index (κ1) is 12.8. The molecule has 0 radical (unpaired) electrons. The summed E-state index contributed by atoms with van der Waals surface area (Å²) in [6.07, 6.45) is 2.20. The van der Waals surface area contributed by atoms with Crippen LogP contribution < -0.4 is 10.6 Å². The molecule has 1 heterocycles. The van der Waals surface area contributed by atoms with E-state index in [2.05, 4.69) is 17.6 Å². The van der Waals surface area contributed by atoms with Gasteiger partial charge < -0.3 is 10.6 Å². The number of nitrogens with zero attached hydrogens (tertiary/aromatic N) is 1. The summed E-state index contributed by atoms with van der Waals surface area (Å²) in [6.45, 7) is 5.05. The molecule has 0 atom stereocenters. The smallest absolute Gasteiger partial charge is 0.292 e. The van der Waals surface area contributed by atoms with Crippen LogP contribution in [-0.4, -0.2) is 24.6 Å². The third kappa shape index (κ3) is 2.98. The summed E-state index contributed by atoms with van der Waals surface area (Å²) in [6, 6.07) is 6.81. The van der Waals surface area contributed by atoms with Gasteiger partial charge in [0.25, 0.3) is 5.69 Å². The van der Waals surface area contributed by atoms with Crippen molar-refractivity contribution < 1.29 is 4.92 Å². The standard InChI is InChI=1S/C13H19N3O2/c1-13(6-8-14-9-7-13)10-15-11-4-2-3-5-12(11)16(17)18/h2-5,14-15H,6-10H2,1H3. The SMILES string of the molecule is CC1(CNc2ccccc2[N+](=O)[O-])CCNCC1. The van der Waals surface area contributed by atoms with Gasteiger partial charge in [-0.25, -0.2) is 0 Å². The van der Waals surface area contributed by atoms with E-state index in [4.69, 9.17) is 0 Å². The highest BCUT2D eigenvalue weighted by Gasteiger charge is 2.27. The molecular formula is C13H19N3O2. The summed E-state index contributed by atoms with van der Waals surface area (Å²) < 4.78 is 0. The maximum atomic E-state index is 10.9. The molecule has 98 valence electrons. The molecule has 1 aromatic carbocycles. The van der Waals surface area contributed by atoms with E-state index < -0.39 is 0 Å². The Morgan fingerprint density at radius 3 is 2.72 bits per heavy atom. The zero-order valence-corrected chi connectivity index (χ0v) is 10.6. The van der Waals surface area contributed by atoms with Crippen LogP contribution in [0.3, 0.4) is 0 Å². The number of hydrogen-bond acceptors (Lipinski definition) is 4. The molecule has 0 aromatic heterocycles. The molecule has 1 saturated heterocycles. The van der Waals surface area contributed by atoms with Crippen LogP contribution in [0, 0.1) is 15.5 Å². The molecule has 18 heavy (non-hydrogen) atoms. The molecule has 1 aliphatic heterocycles. The lowest BCUT2D eigenvalue weighted by atomic mass is 9.81. The average Bonchev–Trinajstić information content (AvgIpc) is 2.38. The Morgan fingerprint density at radius 2 is 2.06 bits per heavy atom. The van der Waals surface area contributed by atoms with Crippen LogP contribution in [0.5, 0.6) is 0 Å². The third-order valence-corrected chi connectivity index (χ3v) is 3.62. The van der Waals surface area contributed by atoms with Gasteiger partial charge in [0, 0.05) is 12.6 Å². The number of nitro benzene ring substituents is 1. The molecule has 2 rings (SSSR count). The van der Waals surface area contributed by atoms with Crippen molar-refractivity contribution in [3.05, 3.63) is 34.4 Å². The molecule has 5 heteroatoms. The van der Waals surface area contributed by atoms with E-state index in [0.717, 1.165) is 32.5 Å². The van der Waals surface area contributed by atoms with E-state index in [1.807, 2.05) is 6.07 Å². The van der Waals surface area contributed by atoms with Gasteiger partial charge >= 0.3 is 0 Å². The summed E-state index contributed by atoms with van der Waals surface area (Å²) in [5, 5.41) is 17.5. The van der Waals surface area contributed by atoms with Crippen molar-refractivity contribution in [2.24, 2.45) is 5.41 Å². The molecule has 2 N–H and O–H groups in total. The average molecular weight is 249 g/mol. The quantitative estimate of drug-likeness (QED) is 0.635. The minimum Gasteiger partial charge on any atom is -0.379 e. The maximum absolute atomic E-state index is 10.9. The minimum atomic E-state index is -0.340. The fourth-order valence-electron chi connectivity index (χ4n) is 2.30. The van der Waals surface area contributed by atoms with Crippen molar-refractivity contribution >= 4 is 11.4 Å². The molecule has 5 nitrogen and oxygen atoms in total. The van der Waals surface area contributed by atoms with Crippen molar-refractivity contribution in [1.29, 1.82) is 0 Å². The summed E-state index contributed by atoms with van der Waals surface area (Å²) in [7, 11) is 0. The zero-order valence-electron chi connectivity index (χ0n) is 10.6. The van der Waals surface area contributed by atoms with Crippen molar-refractivity contribution in [2.75, 3.05) is 25.0 Å². The highest BCUT2D eigenvalue weighted by Crippen LogP contribution is 2.30. The molecule has 1 aromatic rings. The highest BCUT2D eigenvalue weighted by molar-refractivity contribution is 5.61. The molecule has 1 aliphatic rings. The highest BCUT2D eigenvalue weighted by atomic mass is 16.6. The largest absolute Gasteiger partial charge is 0.379 e. The second-order valence-electron chi connectivity index (χ2n) is 5.19. The molecule has 0 unspecified atom stereocenters. The number of piperidine rings is 1. The predicted molar refractivity (Wildman–Crippen MR) is 71.8 cm³/mol. The van der Waals surface area contributed by atoms with E-state index in [1.165, 1.54) is 6.07 Å². The molecule has 0 spiro atoms. The van der Waals surface area contributed by atoms with Gasteiger partial charge in [-0.15, -0.1) is 0 Å². The molecule has 0 aliphatic carbocycles. The van der Waals surface area contributed by atoms with Gasteiger partial charge in [-0.1, -0.05) is 19.1 Å². The Hall–Kier alpha value is -1.62. The Morgan fingerprint density at radius 1 is 1.39 bits per heavy atom. The fraction of sp³-hybridized carbons (Fsp3) is 0.538. The number of para-hydroxylation sites is 2. The van der Waals surface area contributed by atoms with Gasteiger partial charge in [0.2, 0.25) is 0 Å². The van der Waals surface area contributed by atoms with Gasteiger partial charge in [0.1, 0.15) is 5.69 Å². The summed E-state index contributed by atoms with van der Waals surface area (Å²) in [4.78, 5) is 10.6. The lowest BCUT2D eigenvalue weighted by molar-refractivity contribution is -0.384. The van der Waals surface area contributed by atoms with Crippen LogP contribution in [-0.2, 0) is 0 Å². The fourth-order valence-corrected chi connectivity index (χ4v) is 2.30. The van der Waals surface area contributed by atoms with Crippen LogP contribution in [0.25, 0.3) is 0 Å². The third-order valence-electron chi connectivity index (χ3n) is 3.62. The van der Waals surface area contributed by atoms with Crippen LogP contribution >= 0.6 is 0 Å². The summed E-state index contributed by atoms with van der Waals surface area (Å²) >= 11 is 0. The predicted octanol–water partition coefficient (Wildman–Crippen LogP) is 2.40. The zero-order chi connectivity index (χ0) is 13.0. The number of rotatable bonds is 4. The van der Waals surface area contributed by atoms with E-state index in [1.54, 1.807) is 12.1 Å². The van der Waals surface area contributed by atoms with Gasteiger partial charge in [-0.2, -0.15) is 0 Å². The minimum absolute atomic E-state index is 0.148. The molecule has 0 saturated carbocycles. The van der Waals surface area contributed by atoms with Crippen LogP contribution in [0.1, 0.15) is 19.8 Å². The van der Waals surface area contributed by atoms with Gasteiger partial charge in [-0.05, 0) is 37.4 Å². The molecule has 0 bridgehead atoms. The Kier molecular flexibility index (Phi) is 3.81. The van der Waals surface area contributed by atoms with E-state index in [0.29, 0.717) is 5.69 Å². The van der Waals surface area contributed by atoms with Crippen LogP contribution in [0.15, 0.2) is 24.3 Å². The normalized spacial score (nSPS) is 18.3. The lowest BCUT2D eigenvalue weighted by Gasteiger charge is -2.34. The van der Waals surface area contributed by atoms with Gasteiger partial charge in [-0.3, -0.25) is 10.1 Å². The molecule has 0 amide bonds. The first-order valence-corrected chi connectivity index (χ1v) is 6.29.